The number of thiazole rings is 2. The number of nitrogens with one attached hydrogen (secondary N) is 2. The number of sulfonamides is 1. The van der Waals surface area contributed by atoms with E-state index in [0.717, 1.165) is 10.7 Å². The van der Waals surface area contributed by atoms with Gasteiger partial charge in [-0.15, -0.1) is 11.3 Å². The van der Waals surface area contributed by atoms with Crippen LogP contribution in [0.15, 0.2) is 14.4 Å². The molecule has 0 bridgehead atoms. The van der Waals surface area contributed by atoms with Crippen molar-refractivity contribution in [3.05, 3.63) is 31.4 Å². The lowest BCUT2D eigenvalue weighted by atomic mass is 10.4. The maximum Gasteiger partial charge on any atom is 0.305 e. The first-order valence-corrected chi connectivity index (χ1v) is 8.67. The van der Waals surface area contributed by atoms with E-state index in [9.17, 15) is 13.2 Å². The zero-order valence-corrected chi connectivity index (χ0v) is 12.8. The molecular formula is C10H13N3O3S3. The molecule has 0 aliphatic carbocycles. The number of rotatable bonds is 5. The average Bonchev–Trinajstić information content (AvgIpc) is 2.85. The fourth-order valence-electron chi connectivity index (χ4n) is 1.52. The highest BCUT2D eigenvalue weighted by atomic mass is 32.2. The van der Waals surface area contributed by atoms with Crippen molar-refractivity contribution in [1.82, 2.24) is 14.7 Å². The number of aromatic nitrogens is 2. The standard InChI is InChI=1S/C10H13N3O3S3/c1-6-5-17-8(12-6)3-4-11-19(15,16)9-7(2)13-10(14)18-9/h5,11H,3-4H2,1-2H3,(H,13,14). The van der Waals surface area contributed by atoms with Crippen LogP contribution < -0.4 is 9.60 Å². The lowest BCUT2D eigenvalue weighted by Crippen LogP contribution is -2.25. The van der Waals surface area contributed by atoms with Crippen LogP contribution >= 0.6 is 22.7 Å². The number of aromatic amines is 1. The van der Waals surface area contributed by atoms with Crippen LogP contribution in [0.1, 0.15) is 16.4 Å². The van der Waals surface area contributed by atoms with E-state index in [1.807, 2.05) is 12.3 Å². The summed E-state index contributed by atoms with van der Waals surface area (Å²) in [5.41, 5.74) is 1.30. The van der Waals surface area contributed by atoms with Crippen LogP contribution in [0.2, 0.25) is 0 Å². The van der Waals surface area contributed by atoms with Gasteiger partial charge in [-0.25, -0.2) is 18.1 Å². The molecule has 2 aromatic heterocycles. The summed E-state index contributed by atoms with van der Waals surface area (Å²) in [5, 5.41) is 2.81. The Kier molecular flexibility index (Phi) is 4.19. The Hall–Kier alpha value is -1.03. The molecule has 0 saturated carbocycles. The van der Waals surface area contributed by atoms with Crippen molar-refractivity contribution in [2.24, 2.45) is 0 Å². The third kappa shape index (κ3) is 3.50. The van der Waals surface area contributed by atoms with E-state index in [2.05, 4.69) is 14.7 Å². The van der Waals surface area contributed by atoms with E-state index < -0.39 is 10.0 Å². The molecule has 104 valence electrons. The number of hydrogen-bond acceptors (Lipinski definition) is 6. The van der Waals surface area contributed by atoms with Gasteiger partial charge in [-0.2, -0.15) is 0 Å². The van der Waals surface area contributed by atoms with Gasteiger partial charge in [0.25, 0.3) is 10.0 Å². The van der Waals surface area contributed by atoms with Gasteiger partial charge >= 0.3 is 4.87 Å². The fourth-order valence-corrected chi connectivity index (χ4v) is 4.67. The van der Waals surface area contributed by atoms with Gasteiger partial charge in [0.05, 0.1) is 5.01 Å². The zero-order valence-electron chi connectivity index (χ0n) is 10.4. The van der Waals surface area contributed by atoms with E-state index in [0.29, 0.717) is 23.5 Å². The lowest BCUT2D eigenvalue weighted by Gasteiger charge is -2.03. The van der Waals surface area contributed by atoms with E-state index in [-0.39, 0.29) is 15.6 Å². The van der Waals surface area contributed by atoms with E-state index in [4.69, 9.17) is 0 Å². The van der Waals surface area contributed by atoms with Crippen LogP contribution in [0, 0.1) is 13.8 Å². The minimum absolute atomic E-state index is 0.0489. The van der Waals surface area contributed by atoms with Crippen molar-refractivity contribution in [2.75, 3.05) is 6.54 Å². The number of H-pyrrole nitrogens is 1. The minimum Gasteiger partial charge on any atom is -0.315 e. The Morgan fingerprint density at radius 2 is 2.16 bits per heavy atom. The summed E-state index contributed by atoms with van der Waals surface area (Å²) in [6.07, 6.45) is 0.538. The molecule has 0 aromatic carbocycles. The molecule has 2 heterocycles. The fraction of sp³-hybridized carbons (Fsp3) is 0.400. The molecule has 0 unspecified atom stereocenters. The third-order valence-corrected chi connectivity index (χ3v) is 6.41. The summed E-state index contributed by atoms with van der Waals surface area (Å²) in [5.74, 6) is 0. The Bertz CT molecular complexity index is 727. The molecule has 0 aliphatic heterocycles. The summed E-state index contributed by atoms with van der Waals surface area (Å²) in [6, 6.07) is 0. The van der Waals surface area contributed by atoms with E-state index in [1.54, 1.807) is 6.92 Å². The highest BCUT2D eigenvalue weighted by Gasteiger charge is 2.19. The molecule has 0 amide bonds. The van der Waals surface area contributed by atoms with E-state index in [1.165, 1.54) is 11.3 Å². The second kappa shape index (κ2) is 5.53. The van der Waals surface area contributed by atoms with E-state index >= 15 is 0 Å². The van der Waals surface area contributed by atoms with Gasteiger partial charge in [0.1, 0.15) is 0 Å². The molecule has 19 heavy (non-hydrogen) atoms. The SMILES string of the molecule is Cc1csc(CCNS(=O)(=O)c2sc(=O)[nH]c2C)n1. The Balaban J connectivity index is 2.02. The van der Waals surface area contributed by atoms with Gasteiger partial charge in [0, 0.05) is 29.7 Å². The lowest BCUT2D eigenvalue weighted by molar-refractivity contribution is 0.583. The first-order chi connectivity index (χ1) is 8.88. The maximum atomic E-state index is 12.0. The average molecular weight is 319 g/mol. The smallest absolute Gasteiger partial charge is 0.305 e. The van der Waals surface area contributed by atoms with Crippen LogP contribution in [0.25, 0.3) is 0 Å². The second-order valence-electron chi connectivity index (χ2n) is 3.96. The van der Waals surface area contributed by atoms with Crippen molar-refractivity contribution in [2.45, 2.75) is 24.5 Å². The molecule has 2 aromatic rings. The summed E-state index contributed by atoms with van der Waals surface area (Å²) < 4.78 is 26.5. The quantitative estimate of drug-likeness (QED) is 0.861. The van der Waals surface area contributed by atoms with Gasteiger partial charge in [-0.3, -0.25) is 4.79 Å². The second-order valence-corrected chi connectivity index (χ2v) is 7.85. The summed E-state index contributed by atoms with van der Waals surface area (Å²) in [4.78, 5) is 17.5. The van der Waals surface area contributed by atoms with Crippen molar-refractivity contribution in [1.29, 1.82) is 0 Å². The molecule has 0 aliphatic rings. The van der Waals surface area contributed by atoms with Gasteiger partial charge in [-0.05, 0) is 13.8 Å². The van der Waals surface area contributed by atoms with Gasteiger partial charge in [0.2, 0.25) is 0 Å². The first kappa shape index (κ1) is 14.4. The van der Waals surface area contributed by atoms with Gasteiger partial charge in [0.15, 0.2) is 4.21 Å². The molecule has 2 N–H and O–H groups in total. The summed E-state index contributed by atoms with van der Waals surface area (Å²) >= 11 is 2.20. The van der Waals surface area contributed by atoms with Crippen LogP contribution in [-0.2, 0) is 16.4 Å². The zero-order chi connectivity index (χ0) is 14.0. The normalized spacial score (nSPS) is 11.9. The van der Waals surface area contributed by atoms with Gasteiger partial charge in [-0.1, -0.05) is 11.3 Å². The molecule has 0 saturated heterocycles. The van der Waals surface area contributed by atoms with Crippen molar-refractivity contribution < 1.29 is 8.42 Å². The third-order valence-electron chi connectivity index (χ3n) is 2.32. The minimum atomic E-state index is -3.62. The largest absolute Gasteiger partial charge is 0.315 e. The number of hydrogen-bond donors (Lipinski definition) is 2. The van der Waals surface area contributed by atoms with Crippen molar-refractivity contribution in [3.8, 4) is 0 Å². The van der Waals surface area contributed by atoms with Crippen LogP contribution in [-0.4, -0.2) is 24.9 Å². The first-order valence-electron chi connectivity index (χ1n) is 5.49. The number of nitrogens with zero attached hydrogens (tertiary/aromatic N) is 1. The molecule has 6 nitrogen and oxygen atoms in total. The molecule has 0 spiro atoms. The Morgan fingerprint density at radius 3 is 2.68 bits per heavy atom. The summed E-state index contributed by atoms with van der Waals surface area (Å²) in [7, 11) is -3.62. The summed E-state index contributed by atoms with van der Waals surface area (Å²) in [6.45, 7) is 3.72. The molecule has 9 heteroatoms. The van der Waals surface area contributed by atoms with Gasteiger partial charge < -0.3 is 4.98 Å². The van der Waals surface area contributed by atoms with Crippen molar-refractivity contribution >= 4 is 32.7 Å². The van der Waals surface area contributed by atoms with Crippen molar-refractivity contribution in [3.63, 3.8) is 0 Å². The molecular weight excluding hydrogens is 306 g/mol. The molecule has 0 atom stereocenters. The molecule has 0 fully saturated rings. The highest BCUT2D eigenvalue weighted by Crippen LogP contribution is 2.15. The topological polar surface area (TPSA) is 91.9 Å². The van der Waals surface area contributed by atoms with Crippen LogP contribution in [0.5, 0.6) is 0 Å². The molecule has 0 radical (unpaired) electrons. The predicted octanol–water partition coefficient (Wildman–Crippen LogP) is 1.03. The molecule has 2 rings (SSSR count). The monoisotopic (exact) mass is 319 g/mol. The van der Waals surface area contributed by atoms with Crippen LogP contribution in [0.4, 0.5) is 0 Å². The Morgan fingerprint density at radius 1 is 1.42 bits per heavy atom. The number of aryl methyl sites for hydroxylation is 2. The highest BCUT2D eigenvalue weighted by molar-refractivity contribution is 7.91. The predicted molar refractivity (Wildman–Crippen MR) is 75.4 cm³/mol. The Labute approximate surface area is 118 Å². The maximum absolute atomic E-state index is 12.0. The van der Waals surface area contributed by atoms with Crippen LogP contribution in [0.3, 0.4) is 0 Å².